The number of hydrogen-bond donors (Lipinski definition) is 2. The third-order valence-electron chi connectivity index (χ3n) is 5.27. The maximum atomic E-state index is 10.5. The summed E-state index contributed by atoms with van der Waals surface area (Å²) >= 11 is 0. The summed E-state index contributed by atoms with van der Waals surface area (Å²) in [5, 5.41) is 21.9. The Labute approximate surface area is 161 Å². The molecule has 4 heterocycles. The highest BCUT2D eigenvalue weighted by molar-refractivity contribution is 5.74. The lowest BCUT2D eigenvalue weighted by molar-refractivity contribution is -0.0364. The Morgan fingerprint density at radius 1 is 1.18 bits per heavy atom. The van der Waals surface area contributed by atoms with Crippen molar-refractivity contribution in [2.24, 2.45) is 4.99 Å². The summed E-state index contributed by atoms with van der Waals surface area (Å²) in [6.07, 6.45) is 4.80. The van der Waals surface area contributed by atoms with Crippen LogP contribution in [-0.4, -0.2) is 55.9 Å². The van der Waals surface area contributed by atoms with Crippen molar-refractivity contribution in [3.05, 3.63) is 48.5 Å². The number of aromatic nitrogens is 3. The van der Waals surface area contributed by atoms with Crippen molar-refractivity contribution in [2.75, 3.05) is 6.61 Å². The van der Waals surface area contributed by atoms with E-state index in [-0.39, 0.29) is 0 Å². The zero-order valence-corrected chi connectivity index (χ0v) is 15.0. The SMILES string of the molecule is O[C@@H]1[C@H](O)[C@@H](CCc2ccc3c(c2)N=CCO3)O[C@H]1n1ccc2cncnc21. The van der Waals surface area contributed by atoms with Gasteiger partial charge < -0.3 is 24.3 Å². The van der Waals surface area contributed by atoms with Crippen LogP contribution < -0.4 is 4.74 Å². The normalized spacial score (nSPS) is 26.4. The minimum atomic E-state index is -1.03. The summed E-state index contributed by atoms with van der Waals surface area (Å²) in [5.41, 5.74) is 2.56. The number of aliphatic hydroxyl groups excluding tert-OH is 2. The van der Waals surface area contributed by atoms with Crippen LogP contribution in [0.3, 0.4) is 0 Å². The molecule has 0 saturated carbocycles. The van der Waals surface area contributed by atoms with Gasteiger partial charge in [0.15, 0.2) is 6.23 Å². The molecule has 8 heteroatoms. The van der Waals surface area contributed by atoms with Crippen LogP contribution >= 0.6 is 0 Å². The van der Waals surface area contributed by atoms with E-state index < -0.39 is 24.5 Å². The standard InChI is InChI=1S/C20H20N4O4/c25-17-16(4-2-12-1-3-15-14(9-12)22-6-8-27-15)28-20(18(17)26)24-7-5-13-10-21-11-23-19(13)24/h1,3,5-7,9-11,16-18,20,25-26H,2,4,8H2/t16-,17-,18-,20-/m1/s1. The summed E-state index contributed by atoms with van der Waals surface area (Å²) in [6.45, 7) is 0.493. The van der Waals surface area contributed by atoms with Crippen LogP contribution in [0.25, 0.3) is 11.0 Å². The van der Waals surface area contributed by atoms with Crippen LogP contribution in [-0.2, 0) is 11.2 Å². The Morgan fingerprint density at radius 3 is 3.04 bits per heavy atom. The van der Waals surface area contributed by atoms with E-state index in [1.165, 1.54) is 6.33 Å². The number of fused-ring (bicyclic) bond motifs is 2. The van der Waals surface area contributed by atoms with E-state index in [1.807, 2.05) is 24.3 Å². The van der Waals surface area contributed by atoms with Gasteiger partial charge in [0, 0.05) is 24.0 Å². The molecule has 4 atom stereocenters. The van der Waals surface area contributed by atoms with Crippen LogP contribution in [0.2, 0.25) is 0 Å². The number of aliphatic imine (C=N–C) groups is 1. The van der Waals surface area contributed by atoms with Gasteiger partial charge in [-0.1, -0.05) is 6.07 Å². The van der Waals surface area contributed by atoms with Gasteiger partial charge in [0.2, 0.25) is 0 Å². The highest BCUT2D eigenvalue weighted by atomic mass is 16.6. The minimum absolute atomic E-state index is 0.477. The second-order valence-corrected chi connectivity index (χ2v) is 7.03. The van der Waals surface area contributed by atoms with Crippen molar-refractivity contribution in [3.8, 4) is 5.75 Å². The fourth-order valence-electron chi connectivity index (χ4n) is 3.81. The first kappa shape index (κ1) is 17.3. The summed E-state index contributed by atoms with van der Waals surface area (Å²) in [5.74, 6) is 0.778. The second-order valence-electron chi connectivity index (χ2n) is 7.03. The molecule has 0 bridgehead atoms. The highest BCUT2D eigenvalue weighted by Crippen LogP contribution is 2.35. The lowest BCUT2D eigenvalue weighted by Crippen LogP contribution is -2.31. The molecule has 28 heavy (non-hydrogen) atoms. The number of benzene rings is 1. The molecule has 0 amide bonds. The molecule has 0 unspecified atom stereocenters. The molecular weight excluding hydrogens is 360 g/mol. The molecule has 1 fully saturated rings. The van der Waals surface area contributed by atoms with Crippen LogP contribution in [0.4, 0.5) is 5.69 Å². The van der Waals surface area contributed by atoms with Crippen molar-refractivity contribution in [1.82, 2.24) is 14.5 Å². The van der Waals surface area contributed by atoms with Crippen LogP contribution in [0.15, 0.2) is 48.0 Å². The van der Waals surface area contributed by atoms with Gasteiger partial charge in [-0.2, -0.15) is 0 Å². The lowest BCUT2D eigenvalue weighted by atomic mass is 10.0. The maximum Gasteiger partial charge on any atom is 0.164 e. The summed E-state index contributed by atoms with van der Waals surface area (Å²) < 4.78 is 13.3. The quantitative estimate of drug-likeness (QED) is 0.715. The number of hydrogen-bond acceptors (Lipinski definition) is 7. The van der Waals surface area contributed by atoms with Crippen molar-refractivity contribution in [3.63, 3.8) is 0 Å². The highest BCUT2D eigenvalue weighted by Gasteiger charge is 2.43. The maximum absolute atomic E-state index is 10.5. The van der Waals surface area contributed by atoms with Gasteiger partial charge in [0.1, 0.15) is 42.2 Å². The predicted octanol–water partition coefficient (Wildman–Crippen LogP) is 1.78. The third-order valence-corrected chi connectivity index (χ3v) is 5.27. The Kier molecular flexibility index (Phi) is 4.31. The van der Waals surface area contributed by atoms with Crippen molar-refractivity contribution in [1.29, 1.82) is 0 Å². The van der Waals surface area contributed by atoms with E-state index in [1.54, 1.807) is 23.2 Å². The number of nitrogens with zero attached hydrogens (tertiary/aromatic N) is 4. The van der Waals surface area contributed by atoms with Crippen LogP contribution in [0.5, 0.6) is 5.75 Å². The van der Waals surface area contributed by atoms with Gasteiger partial charge in [0.05, 0.1) is 6.10 Å². The number of aliphatic hydroxyl groups is 2. The average Bonchev–Trinajstić information content (AvgIpc) is 3.28. The van der Waals surface area contributed by atoms with Crippen molar-refractivity contribution in [2.45, 2.75) is 37.4 Å². The number of aryl methyl sites for hydroxylation is 1. The zero-order chi connectivity index (χ0) is 19.1. The molecular formula is C20H20N4O4. The van der Waals surface area contributed by atoms with E-state index in [0.29, 0.717) is 25.1 Å². The molecule has 144 valence electrons. The third kappa shape index (κ3) is 2.95. The smallest absolute Gasteiger partial charge is 0.164 e. The Morgan fingerprint density at radius 2 is 2.11 bits per heavy atom. The van der Waals surface area contributed by atoms with Crippen LogP contribution in [0.1, 0.15) is 18.2 Å². The molecule has 2 N–H and O–H groups in total. The first-order valence-corrected chi connectivity index (χ1v) is 9.27. The van der Waals surface area contributed by atoms with Crippen molar-refractivity contribution < 1.29 is 19.7 Å². The molecule has 0 spiro atoms. The average molecular weight is 380 g/mol. The molecule has 2 aliphatic rings. The first-order chi connectivity index (χ1) is 13.7. The molecule has 3 aromatic rings. The molecule has 0 radical (unpaired) electrons. The monoisotopic (exact) mass is 380 g/mol. The van der Waals surface area contributed by atoms with Gasteiger partial charge in [-0.25, -0.2) is 9.97 Å². The summed E-state index contributed by atoms with van der Waals surface area (Å²) in [4.78, 5) is 12.6. The molecule has 2 aliphatic heterocycles. The molecule has 2 aromatic heterocycles. The Hall–Kier alpha value is -2.81. The first-order valence-electron chi connectivity index (χ1n) is 9.27. The van der Waals surface area contributed by atoms with E-state index in [2.05, 4.69) is 15.0 Å². The van der Waals surface area contributed by atoms with Gasteiger partial charge in [-0.3, -0.25) is 4.99 Å². The van der Waals surface area contributed by atoms with E-state index in [9.17, 15) is 10.2 Å². The Bertz CT molecular complexity index is 1030. The van der Waals surface area contributed by atoms with Crippen LogP contribution in [0, 0.1) is 0 Å². The Balaban J connectivity index is 1.31. The molecule has 5 rings (SSSR count). The van der Waals surface area contributed by atoms with Gasteiger partial charge in [-0.15, -0.1) is 0 Å². The molecule has 1 aromatic carbocycles. The van der Waals surface area contributed by atoms with Gasteiger partial charge in [-0.05, 0) is 36.6 Å². The fourth-order valence-corrected chi connectivity index (χ4v) is 3.81. The van der Waals surface area contributed by atoms with E-state index in [0.717, 1.165) is 22.4 Å². The lowest BCUT2D eigenvalue weighted by Gasteiger charge is -2.17. The topological polar surface area (TPSA) is 102 Å². The molecule has 8 nitrogen and oxygen atoms in total. The summed E-state index contributed by atoms with van der Waals surface area (Å²) in [7, 11) is 0. The minimum Gasteiger partial charge on any atom is -0.486 e. The van der Waals surface area contributed by atoms with E-state index in [4.69, 9.17) is 9.47 Å². The second kappa shape index (κ2) is 6.97. The molecule has 0 aliphatic carbocycles. The number of ether oxygens (including phenoxy) is 2. The molecule has 1 saturated heterocycles. The van der Waals surface area contributed by atoms with Crippen molar-refractivity contribution >= 4 is 22.9 Å². The number of rotatable bonds is 4. The van der Waals surface area contributed by atoms with Gasteiger partial charge in [0.25, 0.3) is 0 Å². The largest absolute Gasteiger partial charge is 0.486 e. The predicted molar refractivity (Wildman–Crippen MR) is 102 cm³/mol. The summed E-state index contributed by atoms with van der Waals surface area (Å²) in [6, 6.07) is 7.75. The van der Waals surface area contributed by atoms with E-state index >= 15 is 0 Å². The van der Waals surface area contributed by atoms with Gasteiger partial charge >= 0.3 is 0 Å². The zero-order valence-electron chi connectivity index (χ0n) is 15.0. The fraction of sp³-hybridized carbons (Fsp3) is 0.350.